The molecule has 0 spiro atoms. The molecule has 8 heteroatoms. The maximum atomic E-state index is 14.7. The lowest BCUT2D eigenvalue weighted by Gasteiger charge is -2.36. The highest BCUT2D eigenvalue weighted by molar-refractivity contribution is 5.97. The fourth-order valence-corrected chi connectivity index (χ4v) is 3.60. The normalized spacial score (nSPS) is 16.3. The Morgan fingerprint density at radius 2 is 2.07 bits per heavy atom. The van der Waals surface area contributed by atoms with Gasteiger partial charge in [0.05, 0.1) is 12.3 Å². The standard InChI is InChI=1S/C22H35FN4O3/c1-15(2)12-26(14-22(3,4)5)19(11-24)21(29)25-16-6-7-18(17(23)10-16)27-8-9-30-13-20(27)28/h6-7,10,15,19H,8-9,11-14,24H2,1-5H3,(H,25,29)/t19-/m0/s1. The highest BCUT2D eigenvalue weighted by Crippen LogP contribution is 2.25. The number of carbonyl (C=O) groups is 2. The van der Waals surface area contributed by atoms with E-state index in [4.69, 9.17) is 10.5 Å². The third-order valence-corrected chi connectivity index (χ3v) is 4.74. The van der Waals surface area contributed by atoms with Crippen LogP contribution >= 0.6 is 0 Å². The molecule has 1 aliphatic rings. The monoisotopic (exact) mass is 422 g/mol. The molecule has 0 radical (unpaired) electrons. The van der Waals surface area contributed by atoms with Crippen LogP contribution in [0.4, 0.5) is 15.8 Å². The summed E-state index contributed by atoms with van der Waals surface area (Å²) in [5.41, 5.74) is 6.48. The smallest absolute Gasteiger partial charge is 0.253 e. The number of halogens is 1. The van der Waals surface area contributed by atoms with Gasteiger partial charge in [0.15, 0.2) is 0 Å². The van der Waals surface area contributed by atoms with Gasteiger partial charge in [-0.25, -0.2) is 4.39 Å². The zero-order valence-corrected chi connectivity index (χ0v) is 18.7. The number of nitrogens with one attached hydrogen (secondary N) is 1. The van der Waals surface area contributed by atoms with E-state index in [-0.39, 0.29) is 36.1 Å². The van der Waals surface area contributed by atoms with E-state index in [0.29, 0.717) is 31.3 Å². The van der Waals surface area contributed by atoms with Crippen LogP contribution in [0.1, 0.15) is 34.6 Å². The van der Waals surface area contributed by atoms with Gasteiger partial charge in [-0.15, -0.1) is 0 Å². The Balaban J connectivity index is 2.15. The molecule has 7 nitrogen and oxygen atoms in total. The average molecular weight is 423 g/mol. The molecule has 168 valence electrons. The van der Waals surface area contributed by atoms with E-state index in [1.165, 1.54) is 17.0 Å². The van der Waals surface area contributed by atoms with Gasteiger partial charge in [0.2, 0.25) is 5.91 Å². The molecule has 1 heterocycles. The van der Waals surface area contributed by atoms with Crippen molar-refractivity contribution >= 4 is 23.2 Å². The van der Waals surface area contributed by atoms with Crippen LogP contribution < -0.4 is 16.0 Å². The van der Waals surface area contributed by atoms with Crippen LogP contribution in [0.5, 0.6) is 0 Å². The Kier molecular flexibility index (Phi) is 8.34. The molecule has 0 aliphatic carbocycles. The fraction of sp³-hybridized carbons (Fsp3) is 0.636. The van der Waals surface area contributed by atoms with Crippen molar-refractivity contribution in [1.29, 1.82) is 0 Å². The van der Waals surface area contributed by atoms with E-state index < -0.39 is 11.9 Å². The summed E-state index contributed by atoms with van der Waals surface area (Å²) in [5.74, 6) is -0.748. The number of amides is 2. The zero-order chi connectivity index (χ0) is 22.5. The molecule has 2 rings (SSSR count). The first kappa shape index (κ1) is 24.2. The highest BCUT2D eigenvalue weighted by atomic mass is 19.1. The molecule has 0 unspecified atom stereocenters. The molecule has 0 bridgehead atoms. The Hall–Kier alpha value is -2.03. The van der Waals surface area contributed by atoms with Crippen LogP contribution in [-0.2, 0) is 14.3 Å². The Bertz CT molecular complexity index is 748. The first-order chi connectivity index (χ1) is 14.0. The fourth-order valence-electron chi connectivity index (χ4n) is 3.60. The summed E-state index contributed by atoms with van der Waals surface area (Å²) in [6.45, 7) is 12.8. The van der Waals surface area contributed by atoms with Crippen molar-refractivity contribution in [2.75, 3.05) is 49.6 Å². The minimum Gasteiger partial charge on any atom is -0.370 e. The van der Waals surface area contributed by atoms with Gasteiger partial charge in [-0.2, -0.15) is 0 Å². The molecular weight excluding hydrogens is 387 g/mol. The van der Waals surface area contributed by atoms with Crippen LogP contribution in [0, 0.1) is 17.2 Å². The van der Waals surface area contributed by atoms with Crippen molar-refractivity contribution in [3.05, 3.63) is 24.0 Å². The average Bonchev–Trinajstić information content (AvgIpc) is 2.61. The lowest BCUT2D eigenvalue weighted by molar-refractivity contribution is -0.125. The SMILES string of the molecule is CC(C)CN(CC(C)(C)C)[C@@H](CN)C(=O)Nc1ccc(N2CCOCC2=O)c(F)c1. The maximum absolute atomic E-state index is 14.7. The Morgan fingerprint density at radius 3 is 2.60 bits per heavy atom. The molecule has 1 aliphatic heterocycles. The summed E-state index contributed by atoms with van der Waals surface area (Å²) in [7, 11) is 0. The van der Waals surface area contributed by atoms with Gasteiger partial charge in [0.25, 0.3) is 5.91 Å². The lowest BCUT2D eigenvalue weighted by Crippen LogP contribution is -2.52. The van der Waals surface area contributed by atoms with Gasteiger partial charge in [0, 0.05) is 31.9 Å². The van der Waals surface area contributed by atoms with Crippen molar-refractivity contribution in [2.24, 2.45) is 17.1 Å². The molecule has 0 aromatic heterocycles. The molecule has 2 amide bonds. The van der Waals surface area contributed by atoms with E-state index in [2.05, 4.69) is 44.8 Å². The molecule has 30 heavy (non-hydrogen) atoms. The molecule has 1 fully saturated rings. The third kappa shape index (κ3) is 6.75. The summed E-state index contributed by atoms with van der Waals surface area (Å²) in [6.07, 6.45) is 0. The lowest BCUT2D eigenvalue weighted by atomic mass is 9.94. The number of hydrogen-bond acceptors (Lipinski definition) is 5. The van der Waals surface area contributed by atoms with Gasteiger partial charge >= 0.3 is 0 Å². The molecule has 0 saturated carbocycles. The van der Waals surface area contributed by atoms with E-state index in [9.17, 15) is 14.0 Å². The molecule has 1 aromatic rings. The maximum Gasteiger partial charge on any atom is 0.253 e. The number of morpholine rings is 1. The zero-order valence-electron chi connectivity index (χ0n) is 18.7. The van der Waals surface area contributed by atoms with E-state index in [0.717, 1.165) is 6.54 Å². The summed E-state index contributed by atoms with van der Waals surface area (Å²) < 4.78 is 19.8. The second kappa shape index (κ2) is 10.3. The van der Waals surface area contributed by atoms with Crippen molar-refractivity contribution in [2.45, 2.75) is 40.7 Å². The van der Waals surface area contributed by atoms with E-state index in [1.54, 1.807) is 6.07 Å². The minimum atomic E-state index is -0.568. The second-order valence-corrected chi connectivity index (χ2v) is 9.39. The van der Waals surface area contributed by atoms with Gasteiger partial charge in [-0.3, -0.25) is 14.5 Å². The second-order valence-electron chi connectivity index (χ2n) is 9.39. The Labute approximate surface area is 178 Å². The Morgan fingerprint density at radius 1 is 1.37 bits per heavy atom. The summed E-state index contributed by atoms with van der Waals surface area (Å²) in [4.78, 5) is 28.4. The highest BCUT2D eigenvalue weighted by Gasteiger charge is 2.29. The van der Waals surface area contributed by atoms with Crippen molar-refractivity contribution in [3.63, 3.8) is 0 Å². The van der Waals surface area contributed by atoms with Gasteiger partial charge in [0.1, 0.15) is 18.5 Å². The molecular formula is C22H35FN4O3. The van der Waals surface area contributed by atoms with E-state index >= 15 is 0 Å². The quantitative estimate of drug-likeness (QED) is 0.672. The molecule has 3 N–H and O–H groups in total. The van der Waals surface area contributed by atoms with Crippen molar-refractivity contribution in [1.82, 2.24) is 4.90 Å². The van der Waals surface area contributed by atoms with Gasteiger partial charge in [-0.1, -0.05) is 34.6 Å². The van der Waals surface area contributed by atoms with Crippen molar-refractivity contribution in [3.8, 4) is 0 Å². The summed E-state index contributed by atoms with van der Waals surface area (Å²) >= 11 is 0. The largest absolute Gasteiger partial charge is 0.370 e. The van der Waals surface area contributed by atoms with Crippen LogP contribution in [0.2, 0.25) is 0 Å². The number of anilines is 2. The number of carbonyl (C=O) groups excluding carboxylic acids is 2. The topological polar surface area (TPSA) is 87.9 Å². The van der Waals surface area contributed by atoms with Crippen LogP contribution in [0.25, 0.3) is 0 Å². The van der Waals surface area contributed by atoms with Gasteiger partial charge in [-0.05, 0) is 29.5 Å². The summed E-state index contributed by atoms with van der Waals surface area (Å²) in [5, 5.41) is 2.79. The first-order valence-corrected chi connectivity index (χ1v) is 10.4. The summed E-state index contributed by atoms with van der Waals surface area (Å²) in [6, 6.07) is 3.82. The number of nitrogens with zero attached hydrogens (tertiary/aromatic N) is 2. The predicted molar refractivity (Wildman–Crippen MR) is 117 cm³/mol. The minimum absolute atomic E-state index is 0.00103. The predicted octanol–water partition coefficient (Wildman–Crippen LogP) is 2.46. The number of nitrogens with two attached hydrogens (primary N) is 1. The number of rotatable bonds is 8. The molecule has 1 saturated heterocycles. The van der Waals surface area contributed by atoms with Crippen LogP contribution in [0.15, 0.2) is 18.2 Å². The number of ether oxygens (including phenoxy) is 1. The van der Waals surface area contributed by atoms with Crippen LogP contribution in [-0.4, -0.2) is 62.1 Å². The number of benzene rings is 1. The van der Waals surface area contributed by atoms with Gasteiger partial charge < -0.3 is 20.7 Å². The number of hydrogen-bond donors (Lipinski definition) is 2. The first-order valence-electron chi connectivity index (χ1n) is 10.4. The molecule has 1 aromatic carbocycles. The van der Waals surface area contributed by atoms with Crippen molar-refractivity contribution < 1.29 is 18.7 Å². The third-order valence-electron chi connectivity index (χ3n) is 4.74. The van der Waals surface area contributed by atoms with E-state index in [1.807, 2.05) is 0 Å². The molecule has 1 atom stereocenters. The van der Waals surface area contributed by atoms with Crippen LogP contribution in [0.3, 0.4) is 0 Å².